The number of pyridine rings is 1. The summed E-state index contributed by atoms with van der Waals surface area (Å²) in [6.07, 6.45) is 5.06. The maximum absolute atomic E-state index is 8.91. The third kappa shape index (κ3) is 3.98. The lowest BCUT2D eigenvalue weighted by Gasteiger charge is -2.07. The van der Waals surface area contributed by atoms with Crippen molar-refractivity contribution in [3.8, 4) is 6.07 Å². The van der Waals surface area contributed by atoms with Gasteiger partial charge in [-0.2, -0.15) is 15.3 Å². The Hall–Kier alpha value is -3.53. The van der Waals surface area contributed by atoms with Gasteiger partial charge in [0.1, 0.15) is 0 Å². The van der Waals surface area contributed by atoms with Crippen LogP contribution in [0, 0.1) is 11.3 Å². The van der Waals surface area contributed by atoms with Crippen molar-refractivity contribution in [1.82, 2.24) is 20.2 Å². The Morgan fingerprint density at radius 2 is 2.09 bits per heavy atom. The number of hydrogen-bond donors (Lipinski definition) is 2. The Labute approximate surface area is 133 Å². The maximum atomic E-state index is 8.91. The predicted octanol–water partition coefficient (Wildman–Crippen LogP) is 2.49. The normalized spacial score (nSPS) is 9.87. The molecule has 3 rings (SSSR count). The van der Waals surface area contributed by atoms with Gasteiger partial charge in [0.2, 0.25) is 5.95 Å². The number of nitrogens with zero attached hydrogens (tertiary/aromatic N) is 5. The largest absolute Gasteiger partial charge is 0.364 e. The van der Waals surface area contributed by atoms with Crippen LogP contribution in [0.4, 0.5) is 17.5 Å². The highest BCUT2D eigenvalue weighted by Gasteiger charge is 2.02. The Morgan fingerprint density at radius 3 is 2.91 bits per heavy atom. The highest BCUT2D eigenvalue weighted by Crippen LogP contribution is 2.15. The van der Waals surface area contributed by atoms with Crippen molar-refractivity contribution >= 4 is 17.5 Å². The van der Waals surface area contributed by atoms with Crippen LogP contribution in [-0.4, -0.2) is 20.2 Å². The van der Waals surface area contributed by atoms with E-state index in [1.807, 2.05) is 18.2 Å². The second-order valence-corrected chi connectivity index (χ2v) is 4.70. The molecule has 0 radical (unpaired) electrons. The third-order valence-electron chi connectivity index (χ3n) is 3.00. The zero-order chi connectivity index (χ0) is 15.9. The molecule has 1 aromatic carbocycles. The van der Waals surface area contributed by atoms with Crippen molar-refractivity contribution in [2.75, 3.05) is 10.6 Å². The van der Waals surface area contributed by atoms with Crippen LogP contribution < -0.4 is 10.6 Å². The number of anilines is 3. The van der Waals surface area contributed by atoms with Gasteiger partial charge in [0, 0.05) is 24.6 Å². The van der Waals surface area contributed by atoms with Gasteiger partial charge in [-0.25, -0.2) is 0 Å². The molecule has 0 saturated carbocycles. The van der Waals surface area contributed by atoms with Gasteiger partial charge in [-0.1, -0.05) is 12.1 Å². The quantitative estimate of drug-likeness (QED) is 0.747. The molecule has 0 fully saturated rings. The highest BCUT2D eigenvalue weighted by atomic mass is 15.3. The maximum Gasteiger partial charge on any atom is 0.249 e. The Bertz CT molecular complexity index is 827. The Kier molecular flexibility index (Phi) is 4.36. The van der Waals surface area contributed by atoms with E-state index in [1.54, 1.807) is 36.8 Å². The molecule has 3 aromatic rings. The van der Waals surface area contributed by atoms with Gasteiger partial charge in [0.05, 0.1) is 17.8 Å². The number of hydrogen-bond acceptors (Lipinski definition) is 7. The van der Waals surface area contributed by atoms with E-state index in [0.29, 0.717) is 23.9 Å². The van der Waals surface area contributed by atoms with Gasteiger partial charge in [-0.15, -0.1) is 5.10 Å². The van der Waals surface area contributed by atoms with Gasteiger partial charge >= 0.3 is 0 Å². The minimum absolute atomic E-state index is 0.358. The number of benzene rings is 1. The summed E-state index contributed by atoms with van der Waals surface area (Å²) in [4.78, 5) is 8.40. The minimum Gasteiger partial charge on any atom is -0.364 e. The molecule has 0 aliphatic heterocycles. The molecule has 0 amide bonds. The number of nitriles is 1. The molecule has 7 heteroatoms. The first-order chi connectivity index (χ1) is 11.3. The summed E-state index contributed by atoms with van der Waals surface area (Å²) in [5.41, 5.74) is 2.34. The van der Waals surface area contributed by atoms with Gasteiger partial charge in [-0.05, 0) is 29.8 Å². The monoisotopic (exact) mass is 303 g/mol. The van der Waals surface area contributed by atoms with E-state index in [-0.39, 0.29) is 0 Å². The van der Waals surface area contributed by atoms with Gasteiger partial charge in [0.25, 0.3) is 0 Å². The molecule has 0 bridgehead atoms. The number of rotatable bonds is 5. The van der Waals surface area contributed by atoms with Crippen molar-refractivity contribution in [1.29, 1.82) is 5.26 Å². The van der Waals surface area contributed by atoms with Crippen molar-refractivity contribution in [3.63, 3.8) is 0 Å². The third-order valence-corrected chi connectivity index (χ3v) is 3.00. The summed E-state index contributed by atoms with van der Waals surface area (Å²) >= 11 is 0. The molecule has 0 spiro atoms. The molecule has 0 aliphatic carbocycles. The van der Waals surface area contributed by atoms with Crippen molar-refractivity contribution in [3.05, 3.63) is 66.1 Å². The van der Waals surface area contributed by atoms with Crippen LogP contribution in [-0.2, 0) is 6.54 Å². The standard InChI is InChI=1S/C16H13N7/c17-8-12-3-1-5-14(7-12)21-16-22-15(11-20-23-16)19-10-13-4-2-6-18-9-13/h1-7,9,11H,10H2,(H2,19,21,22,23). The molecular weight excluding hydrogens is 290 g/mol. The smallest absolute Gasteiger partial charge is 0.249 e. The molecule has 7 nitrogen and oxygen atoms in total. The van der Waals surface area contributed by atoms with E-state index >= 15 is 0 Å². The van der Waals surface area contributed by atoms with E-state index in [0.717, 1.165) is 11.3 Å². The Morgan fingerprint density at radius 1 is 1.13 bits per heavy atom. The molecule has 0 saturated heterocycles. The number of aromatic nitrogens is 4. The summed E-state index contributed by atoms with van der Waals surface area (Å²) in [6, 6.07) is 13.0. The molecule has 0 unspecified atom stereocenters. The van der Waals surface area contributed by atoms with Crippen molar-refractivity contribution in [2.24, 2.45) is 0 Å². The molecule has 23 heavy (non-hydrogen) atoms. The van der Waals surface area contributed by atoms with Crippen LogP contribution in [0.15, 0.2) is 55.0 Å². The highest BCUT2D eigenvalue weighted by molar-refractivity contribution is 5.56. The summed E-state index contributed by atoms with van der Waals surface area (Å²) in [5, 5.41) is 23.0. The van der Waals surface area contributed by atoms with Gasteiger partial charge in [-0.3, -0.25) is 4.98 Å². The predicted molar refractivity (Wildman–Crippen MR) is 85.8 cm³/mol. The molecule has 2 heterocycles. The van der Waals surface area contributed by atoms with E-state index in [9.17, 15) is 0 Å². The van der Waals surface area contributed by atoms with Crippen LogP contribution in [0.1, 0.15) is 11.1 Å². The average Bonchev–Trinajstić information content (AvgIpc) is 2.61. The fourth-order valence-electron chi connectivity index (χ4n) is 1.93. The molecule has 2 N–H and O–H groups in total. The lowest BCUT2D eigenvalue weighted by molar-refractivity contribution is 0.964. The van der Waals surface area contributed by atoms with Crippen molar-refractivity contribution in [2.45, 2.75) is 6.54 Å². The molecular formula is C16H13N7. The molecule has 2 aromatic heterocycles. The van der Waals surface area contributed by atoms with Crippen LogP contribution >= 0.6 is 0 Å². The first-order valence-electron chi connectivity index (χ1n) is 6.93. The minimum atomic E-state index is 0.358. The zero-order valence-electron chi connectivity index (χ0n) is 12.1. The molecule has 112 valence electrons. The van der Waals surface area contributed by atoms with Crippen LogP contribution in [0.5, 0.6) is 0 Å². The molecule has 0 aliphatic rings. The fraction of sp³-hybridized carbons (Fsp3) is 0.0625. The SMILES string of the molecule is N#Cc1cccc(Nc2nncc(NCc3cccnc3)n2)c1. The van der Waals surface area contributed by atoms with Crippen molar-refractivity contribution < 1.29 is 0 Å². The van der Waals surface area contributed by atoms with E-state index in [1.165, 1.54) is 0 Å². The van der Waals surface area contributed by atoms with E-state index in [4.69, 9.17) is 5.26 Å². The first-order valence-corrected chi connectivity index (χ1v) is 6.93. The van der Waals surface area contributed by atoms with Crippen LogP contribution in [0.3, 0.4) is 0 Å². The van der Waals surface area contributed by atoms with Crippen LogP contribution in [0.25, 0.3) is 0 Å². The van der Waals surface area contributed by atoms with Crippen LogP contribution in [0.2, 0.25) is 0 Å². The summed E-state index contributed by atoms with van der Waals surface area (Å²) < 4.78 is 0. The fourth-order valence-corrected chi connectivity index (χ4v) is 1.93. The van der Waals surface area contributed by atoms with Gasteiger partial charge in [0.15, 0.2) is 5.82 Å². The average molecular weight is 303 g/mol. The topological polar surface area (TPSA) is 99.4 Å². The second-order valence-electron chi connectivity index (χ2n) is 4.70. The summed E-state index contributed by atoms with van der Waals surface area (Å²) in [7, 11) is 0. The van der Waals surface area contributed by atoms with Gasteiger partial charge < -0.3 is 10.6 Å². The summed E-state index contributed by atoms with van der Waals surface area (Å²) in [5.74, 6) is 0.957. The zero-order valence-corrected chi connectivity index (χ0v) is 12.1. The lowest BCUT2D eigenvalue weighted by Crippen LogP contribution is -2.05. The second kappa shape index (κ2) is 6.95. The van der Waals surface area contributed by atoms with E-state index in [2.05, 4.69) is 36.9 Å². The lowest BCUT2D eigenvalue weighted by atomic mass is 10.2. The first kappa shape index (κ1) is 14.4. The summed E-state index contributed by atoms with van der Waals surface area (Å²) in [6.45, 7) is 0.593. The molecule has 0 atom stereocenters. The Balaban J connectivity index is 1.68. The number of nitrogens with one attached hydrogen (secondary N) is 2. The van der Waals surface area contributed by atoms with E-state index < -0.39 is 0 Å².